The van der Waals surface area contributed by atoms with Crippen LogP contribution in [0.5, 0.6) is 0 Å². The average Bonchev–Trinajstić information content (AvgIpc) is 2.12. The van der Waals surface area contributed by atoms with Crippen molar-refractivity contribution in [3.8, 4) is 0 Å². The Labute approximate surface area is 62.5 Å². The van der Waals surface area contributed by atoms with Gasteiger partial charge in [0.1, 0.15) is 0 Å². The molecule has 1 saturated heterocycles. The number of hydrogen-bond acceptors (Lipinski definition) is 2. The highest BCUT2D eigenvalue weighted by Gasteiger charge is 2.31. The average molecular weight is 144 g/mol. The van der Waals surface area contributed by atoms with Crippen LogP contribution in [0.2, 0.25) is 0 Å². The van der Waals surface area contributed by atoms with E-state index in [1.54, 1.807) is 0 Å². The Kier molecular flexibility index (Phi) is 2.32. The molecule has 0 spiro atoms. The van der Waals surface area contributed by atoms with E-state index in [1.807, 2.05) is 13.8 Å². The molecular formula is C8H16O2. The van der Waals surface area contributed by atoms with Crippen LogP contribution in [-0.2, 0) is 9.47 Å². The highest BCUT2D eigenvalue weighted by atomic mass is 16.7. The summed E-state index contributed by atoms with van der Waals surface area (Å²) in [7, 11) is 0. The van der Waals surface area contributed by atoms with E-state index in [4.69, 9.17) is 9.47 Å². The van der Waals surface area contributed by atoms with Crippen LogP contribution in [0, 0.1) is 0 Å². The first kappa shape index (κ1) is 8.02. The van der Waals surface area contributed by atoms with Crippen molar-refractivity contribution >= 4 is 0 Å². The zero-order valence-corrected chi connectivity index (χ0v) is 7.02. The second-order valence-corrected chi connectivity index (χ2v) is 3.24. The largest absolute Gasteiger partial charge is 0.348 e. The monoisotopic (exact) mass is 144 g/mol. The minimum Gasteiger partial charge on any atom is -0.348 e. The summed E-state index contributed by atoms with van der Waals surface area (Å²) in [6.07, 6.45) is 2.62. The molecule has 0 saturated carbocycles. The first-order valence-electron chi connectivity index (χ1n) is 3.96. The van der Waals surface area contributed by atoms with Crippen LogP contribution in [0.3, 0.4) is 0 Å². The molecule has 60 valence electrons. The van der Waals surface area contributed by atoms with Crippen molar-refractivity contribution in [1.29, 1.82) is 0 Å². The Bertz CT molecular complexity index is 110. The summed E-state index contributed by atoms with van der Waals surface area (Å²) < 4.78 is 11.0. The molecule has 1 rings (SSSR count). The molecule has 0 radical (unpaired) electrons. The van der Waals surface area contributed by atoms with E-state index in [0.29, 0.717) is 6.10 Å². The van der Waals surface area contributed by atoms with Gasteiger partial charge in [0.15, 0.2) is 5.79 Å². The van der Waals surface area contributed by atoms with Crippen molar-refractivity contribution in [1.82, 2.24) is 0 Å². The van der Waals surface area contributed by atoms with Crippen molar-refractivity contribution in [3.63, 3.8) is 0 Å². The molecule has 1 fully saturated rings. The lowest BCUT2D eigenvalue weighted by atomic mass is 10.2. The molecule has 0 aromatic carbocycles. The second-order valence-electron chi connectivity index (χ2n) is 3.24. The molecular weight excluding hydrogens is 128 g/mol. The van der Waals surface area contributed by atoms with Gasteiger partial charge in [-0.15, -0.1) is 0 Å². The van der Waals surface area contributed by atoms with Crippen molar-refractivity contribution in [2.75, 3.05) is 6.61 Å². The van der Waals surface area contributed by atoms with Crippen molar-refractivity contribution in [3.05, 3.63) is 0 Å². The maximum atomic E-state index is 5.57. The Morgan fingerprint density at radius 3 is 2.60 bits per heavy atom. The van der Waals surface area contributed by atoms with Gasteiger partial charge >= 0.3 is 0 Å². The zero-order chi connectivity index (χ0) is 7.61. The van der Waals surface area contributed by atoms with Gasteiger partial charge in [0.2, 0.25) is 0 Å². The van der Waals surface area contributed by atoms with E-state index in [2.05, 4.69) is 6.92 Å². The van der Waals surface area contributed by atoms with Gasteiger partial charge in [-0.3, -0.25) is 0 Å². The SMILES string of the molecule is CCC[C@@H]1COC(C)(C)O1. The Morgan fingerprint density at radius 1 is 1.50 bits per heavy atom. The van der Waals surface area contributed by atoms with E-state index in [1.165, 1.54) is 6.42 Å². The van der Waals surface area contributed by atoms with Crippen LogP contribution in [0.25, 0.3) is 0 Å². The standard InChI is InChI=1S/C8H16O2/c1-4-5-7-6-9-8(2,3)10-7/h7H,4-6H2,1-3H3/t7-/m1/s1. The van der Waals surface area contributed by atoms with E-state index < -0.39 is 0 Å². The quantitative estimate of drug-likeness (QED) is 0.589. The molecule has 0 aliphatic carbocycles. The van der Waals surface area contributed by atoms with Gasteiger partial charge in [0.05, 0.1) is 12.7 Å². The maximum absolute atomic E-state index is 5.57. The van der Waals surface area contributed by atoms with Crippen LogP contribution < -0.4 is 0 Å². The van der Waals surface area contributed by atoms with Crippen LogP contribution >= 0.6 is 0 Å². The third kappa shape index (κ3) is 1.96. The van der Waals surface area contributed by atoms with Crippen molar-refractivity contribution < 1.29 is 9.47 Å². The fraction of sp³-hybridized carbons (Fsp3) is 1.00. The fourth-order valence-corrected chi connectivity index (χ4v) is 1.23. The maximum Gasteiger partial charge on any atom is 0.163 e. The predicted octanol–water partition coefficient (Wildman–Crippen LogP) is 1.94. The highest BCUT2D eigenvalue weighted by molar-refractivity contribution is 4.69. The van der Waals surface area contributed by atoms with Gasteiger partial charge in [-0.25, -0.2) is 0 Å². The molecule has 2 nitrogen and oxygen atoms in total. The Balaban J connectivity index is 2.29. The molecule has 2 heteroatoms. The molecule has 1 atom stereocenters. The first-order chi connectivity index (χ1) is 4.64. The predicted molar refractivity (Wildman–Crippen MR) is 39.8 cm³/mol. The van der Waals surface area contributed by atoms with Gasteiger partial charge in [0, 0.05) is 0 Å². The minimum absolute atomic E-state index is 0.333. The van der Waals surface area contributed by atoms with Crippen LogP contribution in [0.4, 0.5) is 0 Å². The van der Waals surface area contributed by atoms with E-state index in [9.17, 15) is 0 Å². The lowest BCUT2D eigenvalue weighted by molar-refractivity contribution is -0.138. The van der Waals surface area contributed by atoms with E-state index in [0.717, 1.165) is 13.0 Å². The Hall–Kier alpha value is -0.0800. The molecule has 0 bridgehead atoms. The summed E-state index contributed by atoms with van der Waals surface area (Å²) in [6, 6.07) is 0. The molecule has 0 amide bonds. The summed E-state index contributed by atoms with van der Waals surface area (Å²) in [5.74, 6) is -0.333. The molecule has 1 aliphatic rings. The van der Waals surface area contributed by atoms with E-state index in [-0.39, 0.29) is 5.79 Å². The zero-order valence-electron chi connectivity index (χ0n) is 7.02. The summed E-state index contributed by atoms with van der Waals surface area (Å²) in [5.41, 5.74) is 0. The molecule has 10 heavy (non-hydrogen) atoms. The molecule has 0 aromatic rings. The Morgan fingerprint density at radius 2 is 2.20 bits per heavy atom. The molecule has 1 heterocycles. The number of rotatable bonds is 2. The fourth-order valence-electron chi connectivity index (χ4n) is 1.23. The van der Waals surface area contributed by atoms with E-state index >= 15 is 0 Å². The smallest absolute Gasteiger partial charge is 0.163 e. The normalized spacial score (nSPS) is 30.9. The molecule has 0 N–H and O–H groups in total. The second kappa shape index (κ2) is 2.89. The highest BCUT2D eigenvalue weighted by Crippen LogP contribution is 2.24. The van der Waals surface area contributed by atoms with Crippen molar-refractivity contribution in [2.24, 2.45) is 0 Å². The number of ether oxygens (including phenoxy) is 2. The van der Waals surface area contributed by atoms with Crippen LogP contribution in [-0.4, -0.2) is 18.5 Å². The molecule has 0 unspecified atom stereocenters. The van der Waals surface area contributed by atoms with Crippen molar-refractivity contribution in [2.45, 2.75) is 45.5 Å². The lowest BCUT2D eigenvalue weighted by Gasteiger charge is -2.16. The third-order valence-electron chi connectivity index (χ3n) is 1.68. The van der Waals surface area contributed by atoms with Gasteiger partial charge in [-0.1, -0.05) is 13.3 Å². The van der Waals surface area contributed by atoms with Crippen LogP contribution in [0.15, 0.2) is 0 Å². The summed E-state index contributed by atoms with van der Waals surface area (Å²) in [6.45, 7) is 6.85. The van der Waals surface area contributed by atoms with Gasteiger partial charge in [-0.05, 0) is 20.3 Å². The van der Waals surface area contributed by atoms with Gasteiger partial charge in [-0.2, -0.15) is 0 Å². The first-order valence-corrected chi connectivity index (χ1v) is 3.96. The third-order valence-corrected chi connectivity index (χ3v) is 1.68. The minimum atomic E-state index is -0.333. The summed E-state index contributed by atoms with van der Waals surface area (Å²) in [4.78, 5) is 0. The lowest BCUT2D eigenvalue weighted by Crippen LogP contribution is -2.21. The number of hydrogen-bond donors (Lipinski definition) is 0. The van der Waals surface area contributed by atoms with Gasteiger partial charge in [0.25, 0.3) is 0 Å². The van der Waals surface area contributed by atoms with Crippen LogP contribution in [0.1, 0.15) is 33.6 Å². The molecule has 0 aromatic heterocycles. The summed E-state index contributed by atoms with van der Waals surface area (Å²) >= 11 is 0. The summed E-state index contributed by atoms with van der Waals surface area (Å²) in [5, 5.41) is 0. The van der Waals surface area contributed by atoms with Gasteiger partial charge < -0.3 is 9.47 Å². The topological polar surface area (TPSA) is 18.5 Å². The molecule has 1 aliphatic heterocycles.